The number of nitriles is 1. The number of ether oxygens (including phenoxy) is 1. The van der Waals surface area contributed by atoms with Crippen LogP contribution in [0.4, 0.5) is 0 Å². The van der Waals surface area contributed by atoms with Crippen LogP contribution in [0.2, 0.25) is 5.02 Å². The number of hydrogen-bond donors (Lipinski definition) is 0. The zero-order valence-corrected chi connectivity index (χ0v) is 20.8. The normalized spacial score (nSPS) is 16.7. The summed E-state index contributed by atoms with van der Waals surface area (Å²) < 4.78 is 4.72. The zero-order chi connectivity index (χ0) is 24.7. The third-order valence-electron chi connectivity index (χ3n) is 6.45. The summed E-state index contributed by atoms with van der Waals surface area (Å²) >= 11 is 6.28. The largest absolute Gasteiger partial charge is 0.469 e. The van der Waals surface area contributed by atoms with E-state index in [1.54, 1.807) is 6.07 Å². The van der Waals surface area contributed by atoms with Crippen molar-refractivity contribution in [3.8, 4) is 6.07 Å². The molecule has 0 saturated carbocycles. The number of carbonyl (C=O) groups excluding carboxylic acids is 2. The van der Waals surface area contributed by atoms with Crippen LogP contribution >= 0.6 is 11.6 Å². The number of nitrogens with zero attached hydrogens (tertiary/aromatic N) is 2. The third-order valence-corrected chi connectivity index (χ3v) is 6.77. The van der Waals surface area contributed by atoms with Crippen LogP contribution in [0.3, 0.4) is 0 Å². The molecule has 1 aliphatic rings. The average molecular weight is 479 g/mol. The molecule has 2 atom stereocenters. The molecule has 6 heteroatoms. The summed E-state index contributed by atoms with van der Waals surface area (Å²) in [6.45, 7) is 5.37. The van der Waals surface area contributed by atoms with Crippen LogP contribution in [-0.4, -0.2) is 37.0 Å². The number of methoxy groups -OCH3 is 1. The highest BCUT2D eigenvalue weighted by Crippen LogP contribution is 2.31. The predicted molar refractivity (Wildman–Crippen MR) is 134 cm³/mol. The van der Waals surface area contributed by atoms with E-state index >= 15 is 0 Å². The predicted octanol–water partition coefficient (Wildman–Crippen LogP) is 5.58. The molecule has 0 radical (unpaired) electrons. The van der Waals surface area contributed by atoms with Gasteiger partial charge in [-0.15, -0.1) is 0 Å². The lowest BCUT2D eigenvalue weighted by Crippen LogP contribution is -2.30. The van der Waals surface area contributed by atoms with E-state index in [9.17, 15) is 14.9 Å². The molecule has 0 aromatic heterocycles. The first-order chi connectivity index (χ1) is 16.3. The van der Waals surface area contributed by atoms with Crippen molar-refractivity contribution in [3.63, 3.8) is 0 Å². The lowest BCUT2D eigenvalue weighted by molar-refractivity contribution is -0.142. The van der Waals surface area contributed by atoms with E-state index in [0.29, 0.717) is 30.1 Å². The molecule has 1 aliphatic heterocycles. The number of likely N-dealkylation sites (tertiary alicyclic amines) is 1. The summed E-state index contributed by atoms with van der Waals surface area (Å²) in [6.07, 6.45) is 4.41. The molecule has 34 heavy (non-hydrogen) atoms. The first-order valence-corrected chi connectivity index (χ1v) is 12.0. The number of rotatable bonds is 8. The Balaban J connectivity index is 1.79. The van der Waals surface area contributed by atoms with E-state index in [0.717, 1.165) is 18.4 Å². The Morgan fingerprint density at radius 2 is 2.03 bits per heavy atom. The fraction of sp³-hybridized carbons (Fsp3) is 0.393. The topological polar surface area (TPSA) is 70.4 Å². The van der Waals surface area contributed by atoms with Crippen molar-refractivity contribution < 1.29 is 14.3 Å². The monoisotopic (exact) mass is 478 g/mol. The van der Waals surface area contributed by atoms with Gasteiger partial charge in [-0.1, -0.05) is 60.5 Å². The summed E-state index contributed by atoms with van der Waals surface area (Å²) in [6, 6.07) is 15.9. The van der Waals surface area contributed by atoms with Gasteiger partial charge >= 0.3 is 5.97 Å². The van der Waals surface area contributed by atoms with Crippen LogP contribution < -0.4 is 0 Å². The Morgan fingerprint density at radius 3 is 2.71 bits per heavy atom. The third kappa shape index (κ3) is 6.71. The molecular weight excluding hydrogens is 448 g/mol. The molecule has 0 aliphatic carbocycles. The summed E-state index contributed by atoms with van der Waals surface area (Å²) in [5.74, 6) is -0.0321. The van der Waals surface area contributed by atoms with Gasteiger partial charge in [0.05, 0.1) is 17.7 Å². The molecule has 2 aromatic carbocycles. The second-order valence-corrected chi connectivity index (χ2v) is 9.50. The first kappa shape index (κ1) is 25.5. The van der Waals surface area contributed by atoms with Gasteiger partial charge in [-0.25, -0.2) is 0 Å². The highest BCUT2D eigenvalue weighted by molar-refractivity contribution is 6.31. The van der Waals surface area contributed by atoms with E-state index in [1.807, 2.05) is 36.1 Å². The Bertz CT molecular complexity index is 1120. The molecule has 1 amide bonds. The fourth-order valence-corrected chi connectivity index (χ4v) is 4.66. The molecular formula is C28H31ClN2O3. The second-order valence-electron chi connectivity index (χ2n) is 9.09. The van der Waals surface area contributed by atoms with Gasteiger partial charge in [0.1, 0.15) is 6.07 Å². The Morgan fingerprint density at radius 1 is 1.26 bits per heavy atom. The zero-order valence-electron chi connectivity index (χ0n) is 20.0. The minimum Gasteiger partial charge on any atom is -0.469 e. The van der Waals surface area contributed by atoms with Crippen LogP contribution in [0.1, 0.15) is 48.4 Å². The minimum absolute atomic E-state index is 0.0539. The number of hydrogen-bond acceptors (Lipinski definition) is 4. The Labute approximate surface area is 207 Å². The van der Waals surface area contributed by atoms with Gasteiger partial charge in [0.25, 0.3) is 0 Å². The van der Waals surface area contributed by atoms with Gasteiger partial charge in [0.2, 0.25) is 5.91 Å². The number of halogens is 1. The van der Waals surface area contributed by atoms with E-state index in [2.05, 4.69) is 31.2 Å². The summed E-state index contributed by atoms with van der Waals surface area (Å²) in [7, 11) is 1.37. The summed E-state index contributed by atoms with van der Waals surface area (Å²) in [5.41, 5.74) is 5.13. The van der Waals surface area contributed by atoms with Crippen LogP contribution in [-0.2, 0) is 20.7 Å². The standard InChI is InChI=1S/C28H31ClN2O3/c1-19(13-28(33)34-3)12-27(32)31-11-10-24(18-31)25(16-22-7-5-4-6-20(22)2)14-21-8-9-23(17-30)26(29)15-21/h4-9,14-15,19,24H,10-13,16,18H2,1-3H3/b25-14+. The molecule has 2 unspecified atom stereocenters. The van der Waals surface area contributed by atoms with E-state index < -0.39 is 0 Å². The molecule has 0 spiro atoms. The number of amides is 1. The Hall–Kier alpha value is -3.10. The van der Waals surface area contributed by atoms with Crippen LogP contribution in [0, 0.1) is 30.1 Å². The number of carbonyl (C=O) groups is 2. The maximum atomic E-state index is 12.9. The van der Waals surface area contributed by atoms with E-state index in [4.69, 9.17) is 16.3 Å². The molecule has 1 saturated heterocycles. The average Bonchev–Trinajstić information content (AvgIpc) is 3.30. The highest BCUT2D eigenvalue weighted by Gasteiger charge is 2.29. The highest BCUT2D eigenvalue weighted by atomic mass is 35.5. The molecule has 2 aromatic rings. The van der Waals surface area contributed by atoms with Gasteiger partial charge < -0.3 is 9.64 Å². The number of esters is 1. The van der Waals surface area contributed by atoms with Crippen molar-refractivity contribution in [2.24, 2.45) is 11.8 Å². The SMILES string of the molecule is COC(=O)CC(C)CC(=O)N1CCC(/C(=C/c2ccc(C#N)c(Cl)c2)Cc2ccccc2C)C1. The van der Waals surface area contributed by atoms with Crippen molar-refractivity contribution in [1.29, 1.82) is 5.26 Å². The molecule has 1 heterocycles. The lowest BCUT2D eigenvalue weighted by atomic mass is 9.89. The maximum Gasteiger partial charge on any atom is 0.305 e. The molecule has 3 rings (SSSR count). The second kappa shape index (κ2) is 11.9. The fourth-order valence-electron chi connectivity index (χ4n) is 4.42. The number of aryl methyl sites for hydroxylation is 1. The van der Waals surface area contributed by atoms with Crippen LogP contribution in [0.25, 0.3) is 6.08 Å². The van der Waals surface area contributed by atoms with Crippen molar-refractivity contribution in [3.05, 3.63) is 75.3 Å². The molecule has 178 valence electrons. The van der Waals surface area contributed by atoms with E-state index in [-0.39, 0.29) is 30.1 Å². The quantitative estimate of drug-likeness (QED) is 0.464. The van der Waals surface area contributed by atoms with E-state index in [1.165, 1.54) is 23.8 Å². The lowest BCUT2D eigenvalue weighted by Gasteiger charge is -2.20. The van der Waals surface area contributed by atoms with Crippen LogP contribution in [0.5, 0.6) is 0 Å². The first-order valence-electron chi connectivity index (χ1n) is 11.6. The summed E-state index contributed by atoms with van der Waals surface area (Å²) in [4.78, 5) is 26.3. The summed E-state index contributed by atoms with van der Waals surface area (Å²) in [5, 5.41) is 9.62. The van der Waals surface area contributed by atoms with Gasteiger partial charge in [-0.2, -0.15) is 5.26 Å². The van der Waals surface area contributed by atoms with Crippen molar-refractivity contribution >= 4 is 29.6 Å². The molecule has 1 fully saturated rings. The Kier molecular flexibility index (Phi) is 8.90. The molecule has 5 nitrogen and oxygen atoms in total. The van der Waals surface area contributed by atoms with Gasteiger partial charge in [0.15, 0.2) is 0 Å². The number of benzene rings is 2. The van der Waals surface area contributed by atoms with Crippen molar-refractivity contribution in [1.82, 2.24) is 4.90 Å². The molecule has 0 bridgehead atoms. The maximum absolute atomic E-state index is 12.9. The van der Waals surface area contributed by atoms with Crippen LogP contribution in [0.15, 0.2) is 48.0 Å². The van der Waals surface area contributed by atoms with Crippen molar-refractivity contribution in [2.75, 3.05) is 20.2 Å². The van der Waals surface area contributed by atoms with Gasteiger partial charge in [0, 0.05) is 25.9 Å². The van der Waals surface area contributed by atoms with Gasteiger partial charge in [-0.3, -0.25) is 9.59 Å². The molecule has 0 N–H and O–H groups in total. The minimum atomic E-state index is -0.288. The van der Waals surface area contributed by atoms with Crippen molar-refractivity contribution in [2.45, 2.75) is 39.5 Å². The smallest absolute Gasteiger partial charge is 0.305 e. The van der Waals surface area contributed by atoms with Gasteiger partial charge in [-0.05, 0) is 60.4 Å².